The third kappa shape index (κ3) is 1.94. The van der Waals surface area contributed by atoms with Crippen LogP contribution in [0.15, 0.2) is 16.3 Å². The van der Waals surface area contributed by atoms with Gasteiger partial charge in [-0.05, 0) is 12.1 Å². The average Bonchev–Trinajstić information content (AvgIpc) is 2.72. The van der Waals surface area contributed by atoms with Gasteiger partial charge in [-0.2, -0.15) is 4.31 Å². The van der Waals surface area contributed by atoms with Crippen molar-refractivity contribution in [3.8, 4) is 0 Å². The maximum Gasteiger partial charge on any atom is 0.253 e. The minimum atomic E-state index is -3.27. The van der Waals surface area contributed by atoms with E-state index in [0.29, 0.717) is 21.0 Å². The Kier molecular flexibility index (Phi) is 3.09. The van der Waals surface area contributed by atoms with Crippen LogP contribution >= 0.6 is 34.7 Å². The first-order valence-corrected chi connectivity index (χ1v) is 7.73. The van der Waals surface area contributed by atoms with E-state index in [1.165, 1.54) is 4.31 Å². The predicted octanol–water partition coefficient (Wildman–Crippen LogP) is 2.10. The van der Waals surface area contributed by atoms with E-state index in [0.717, 1.165) is 17.1 Å². The maximum atomic E-state index is 11.9. The van der Waals surface area contributed by atoms with E-state index in [4.69, 9.17) is 11.6 Å². The van der Waals surface area contributed by atoms with E-state index in [1.807, 2.05) is 0 Å². The summed E-state index contributed by atoms with van der Waals surface area (Å²) in [4.78, 5) is 0. The Hall–Kier alpha value is 0.250. The van der Waals surface area contributed by atoms with Gasteiger partial charge in [0.05, 0.1) is 10.2 Å². The summed E-state index contributed by atoms with van der Waals surface area (Å²) < 4.78 is 26.2. The molecule has 0 N–H and O–H groups in total. The van der Waals surface area contributed by atoms with Gasteiger partial charge in [-0.1, -0.05) is 11.6 Å². The van der Waals surface area contributed by atoms with Crippen molar-refractivity contribution in [2.45, 2.75) is 4.21 Å². The van der Waals surface area contributed by atoms with Crippen LogP contribution in [0.2, 0.25) is 4.34 Å². The predicted molar refractivity (Wildman–Crippen MR) is 60.5 cm³/mol. The van der Waals surface area contributed by atoms with E-state index in [2.05, 4.69) is 0 Å². The summed E-state index contributed by atoms with van der Waals surface area (Å²) >= 11 is 8.44. The molecule has 0 unspecified atom stereocenters. The molecule has 2 rings (SSSR count). The molecule has 1 aliphatic heterocycles. The molecular formula is C7H8ClNO2S3. The Balaban J connectivity index is 2.32. The smallest absolute Gasteiger partial charge is 0.206 e. The van der Waals surface area contributed by atoms with Crippen LogP contribution < -0.4 is 0 Å². The van der Waals surface area contributed by atoms with Crippen molar-refractivity contribution in [3.63, 3.8) is 0 Å². The quantitative estimate of drug-likeness (QED) is 0.825. The molecule has 2 heterocycles. The second-order valence-corrected chi connectivity index (χ2v) is 7.73. The monoisotopic (exact) mass is 269 g/mol. The fourth-order valence-electron chi connectivity index (χ4n) is 1.15. The molecule has 0 amide bonds. The van der Waals surface area contributed by atoms with E-state index >= 15 is 0 Å². The van der Waals surface area contributed by atoms with Crippen LogP contribution in [0.25, 0.3) is 0 Å². The third-order valence-corrected chi connectivity index (χ3v) is 6.54. The molecule has 7 heteroatoms. The molecule has 1 aromatic rings. The third-order valence-electron chi connectivity index (χ3n) is 1.86. The summed E-state index contributed by atoms with van der Waals surface area (Å²) in [6.07, 6.45) is 0. The van der Waals surface area contributed by atoms with Crippen molar-refractivity contribution in [1.29, 1.82) is 0 Å². The largest absolute Gasteiger partial charge is 0.253 e. The number of rotatable bonds is 2. The van der Waals surface area contributed by atoms with Crippen LogP contribution in [-0.2, 0) is 10.0 Å². The molecule has 1 fully saturated rings. The first kappa shape index (κ1) is 10.8. The molecule has 0 radical (unpaired) electrons. The molecule has 0 saturated carbocycles. The second-order valence-electron chi connectivity index (χ2n) is 2.78. The van der Waals surface area contributed by atoms with Crippen LogP contribution in [-0.4, -0.2) is 30.9 Å². The average molecular weight is 270 g/mol. The van der Waals surface area contributed by atoms with Crippen molar-refractivity contribution >= 4 is 44.7 Å². The molecule has 0 bridgehead atoms. The lowest BCUT2D eigenvalue weighted by Crippen LogP contribution is -2.27. The highest BCUT2D eigenvalue weighted by molar-refractivity contribution is 8.00. The fraction of sp³-hybridized carbons (Fsp3) is 0.429. The van der Waals surface area contributed by atoms with Gasteiger partial charge in [-0.25, -0.2) is 8.42 Å². The SMILES string of the molecule is O=S(=O)(c1ccc(Cl)s1)N1CCSC1. The zero-order chi connectivity index (χ0) is 10.2. The minimum Gasteiger partial charge on any atom is -0.206 e. The molecular weight excluding hydrogens is 262 g/mol. The Morgan fingerprint density at radius 3 is 2.71 bits per heavy atom. The first-order valence-electron chi connectivity index (χ1n) is 3.94. The molecule has 0 aromatic carbocycles. The summed E-state index contributed by atoms with van der Waals surface area (Å²) in [6, 6.07) is 3.17. The van der Waals surface area contributed by atoms with E-state index in [1.54, 1.807) is 23.9 Å². The summed E-state index contributed by atoms with van der Waals surface area (Å²) in [5, 5.41) is 0. The summed E-state index contributed by atoms with van der Waals surface area (Å²) in [5.74, 6) is 1.43. The summed E-state index contributed by atoms with van der Waals surface area (Å²) in [6.45, 7) is 0.600. The Morgan fingerprint density at radius 1 is 1.43 bits per heavy atom. The van der Waals surface area contributed by atoms with Crippen molar-refractivity contribution in [3.05, 3.63) is 16.5 Å². The Bertz CT molecular complexity index is 422. The lowest BCUT2D eigenvalue weighted by Gasteiger charge is -2.12. The van der Waals surface area contributed by atoms with Crippen LogP contribution in [0.5, 0.6) is 0 Å². The highest BCUT2D eigenvalue weighted by Gasteiger charge is 2.28. The van der Waals surface area contributed by atoms with Gasteiger partial charge in [0.1, 0.15) is 4.21 Å². The Labute approximate surface area is 96.1 Å². The normalized spacial score (nSPS) is 18.9. The van der Waals surface area contributed by atoms with Crippen LogP contribution in [0.3, 0.4) is 0 Å². The molecule has 3 nitrogen and oxygen atoms in total. The molecule has 78 valence electrons. The van der Waals surface area contributed by atoms with E-state index in [-0.39, 0.29) is 0 Å². The van der Waals surface area contributed by atoms with Gasteiger partial charge in [0.15, 0.2) is 0 Å². The maximum absolute atomic E-state index is 11.9. The van der Waals surface area contributed by atoms with Crippen LogP contribution in [0.4, 0.5) is 0 Å². The number of thioether (sulfide) groups is 1. The van der Waals surface area contributed by atoms with Crippen molar-refractivity contribution < 1.29 is 8.42 Å². The molecule has 1 aromatic heterocycles. The van der Waals surface area contributed by atoms with Gasteiger partial charge in [-0.3, -0.25) is 0 Å². The molecule has 0 aliphatic carbocycles. The fourth-order valence-corrected chi connectivity index (χ4v) is 5.60. The number of thiophene rings is 1. The van der Waals surface area contributed by atoms with Crippen molar-refractivity contribution in [2.24, 2.45) is 0 Å². The second kappa shape index (κ2) is 4.02. The zero-order valence-corrected chi connectivity index (χ0v) is 10.3. The number of nitrogens with zero attached hydrogens (tertiary/aromatic N) is 1. The number of hydrogen-bond donors (Lipinski definition) is 0. The van der Waals surface area contributed by atoms with Crippen molar-refractivity contribution in [2.75, 3.05) is 18.2 Å². The van der Waals surface area contributed by atoms with Crippen LogP contribution in [0, 0.1) is 0 Å². The van der Waals surface area contributed by atoms with Gasteiger partial charge >= 0.3 is 0 Å². The van der Waals surface area contributed by atoms with E-state index in [9.17, 15) is 8.42 Å². The van der Waals surface area contributed by atoms with E-state index < -0.39 is 10.0 Å². The highest BCUT2D eigenvalue weighted by Crippen LogP contribution is 2.30. The first-order chi connectivity index (χ1) is 6.60. The molecule has 1 saturated heterocycles. The van der Waals surface area contributed by atoms with Gasteiger partial charge in [0.2, 0.25) is 0 Å². The molecule has 0 atom stereocenters. The van der Waals surface area contributed by atoms with Gasteiger partial charge in [0.25, 0.3) is 10.0 Å². The summed E-state index contributed by atoms with van der Waals surface area (Å²) in [7, 11) is -3.27. The van der Waals surface area contributed by atoms with Gasteiger partial charge in [-0.15, -0.1) is 23.1 Å². The van der Waals surface area contributed by atoms with Crippen molar-refractivity contribution in [1.82, 2.24) is 4.31 Å². The standard InChI is InChI=1S/C7H8ClNO2S3/c8-6-1-2-7(13-6)14(10,11)9-3-4-12-5-9/h1-2H,3-5H2. The number of halogens is 1. The zero-order valence-electron chi connectivity index (χ0n) is 7.14. The van der Waals surface area contributed by atoms with Gasteiger partial charge < -0.3 is 0 Å². The highest BCUT2D eigenvalue weighted by atomic mass is 35.5. The molecule has 0 spiro atoms. The lowest BCUT2D eigenvalue weighted by molar-refractivity contribution is 0.491. The topological polar surface area (TPSA) is 37.4 Å². The number of hydrogen-bond acceptors (Lipinski definition) is 4. The Morgan fingerprint density at radius 2 is 2.21 bits per heavy atom. The van der Waals surface area contributed by atoms with Gasteiger partial charge in [0, 0.05) is 12.3 Å². The molecule has 14 heavy (non-hydrogen) atoms. The lowest BCUT2D eigenvalue weighted by atomic mass is 10.7. The number of sulfonamides is 1. The van der Waals surface area contributed by atoms with Crippen LogP contribution in [0.1, 0.15) is 0 Å². The summed E-state index contributed by atoms with van der Waals surface area (Å²) in [5.41, 5.74) is 0. The molecule has 1 aliphatic rings. The minimum absolute atomic E-state index is 0.338.